The first kappa shape index (κ1) is 16.6. The fourth-order valence-electron chi connectivity index (χ4n) is 3.15. The third kappa shape index (κ3) is 4.41. The maximum absolute atomic E-state index is 12.2. The number of carbonyl (C=O) groups excluding carboxylic acids is 1. The van der Waals surface area contributed by atoms with Gasteiger partial charge in [-0.2, -0.15) is 0 Å². The van der Waals surface area contributed by atoms with Gasteiger partial charge in [-0.15, -0.1) is 5.10 Å². The lowest BCUT2D eigenvalue weighted by atomic mass is 9.94. The number of hydrogen-bond donors (Lipinski definition) is 2. The van der Waals surface area contributed by atoms with Crippen LogP contribution in [-0.4, -0.2) is 38.2 Å². The molecule has 0 spiro atoms. The zero-order chi connectivity index (χ0) is 16.8. The van der Waals surface area contributed by atoms with E-state index in [2.05, 4.69) is 15.6 Å². The van der Waals surface area contributed by atoms with Gasteiger partial charge >= 0.3 is 0 Å². The van der Waals surface area contributed by atoms with E-state index in [1.807, 2.05) is 30.3 Å². The van der Waals surface area contributed by atoms with Gasteiger partial charge in [0, 0.05) is 6.54 Å². The Morgan fingerprint density at radius 3 is 2.58 bits per heavy atom. The van der Waals surface area contributed by atoms with Crippen LogP contribution in [0.4, 0.5) is 0 Å². The van der Waals surface area contributed by atoms with Crippen LogP contribution >= 0.6 is 0 Å². The second-order valence-corrected chi connectivity index (χ2v) is 6.61. The molecule has 2 N–H and O–H groups in total. The van der Waals surface area contributed by atoms with E-state index in [0.717, 1.165) is 44.1 Å². The molecular formula is C18H24N4O2. The standard InChI is InChI=1S/C18H24N4O2/c23-17(19-14-18(24)10-6-1-2-7-11-18)16-13-22(21-20-16)12-15-8-4-3-5-9-15/h3-5,8-9,13,24H,1-2,6-7,10-12,14H2,(H,19,23). The summed E-state index contributed by atoms with van der Waals surface area (Å²) in [5.74, 6) is -0.285. The zero-order valence-corrected chi connectivity index (χ0v) is 13.8. The first-order chi connectivity index (χ1) is 11.6. The van der Waals surface area contributed by atoms with E-state index in [0.29, 0.717) is 6.54 Å². The molecule has 0 aliphatic heterocycles. The van der Waals surface area contributed by atoms with Gasteiger partial charge < -0.3 is 10.4 Å². The smallest absolute Gasteiger partial charge is 0.273 e. The lowest BCUT2D eigenvalue weighted by molar-refractivity contribution is 0.0246. The van der Waals surface area contributed by atoms with Gasteiger partial charge in [0.1, 0.15) is 0 Å². The van der Waals surface area contributed by atoms with E-state index in [1.54, 1.807) is 10.9 Å². The van der Waals surface area contributed by atoms with Crippen LogP contribution in [0.25, 0.3) is 0 Å². The molecule has 1 fully saturated rings. The second-order valence-electron chi connectivity index (χ2n) is 6.61. The molecule has 0 saturated heterocycles. The average Bonchev–Trinajstić information content (AvgIpc) is 2.94. The van der Waals surface area contributed by atoms with Crippen LogP contribution in [0.15, 0.2) is 36.5 Å². The van der Waals surface area contributed by atoms with Crippen LogP contribution in [0.5, 0.6) is 0 Å². The number of hydrogen-bond acceptors (Lipinski definition) is 4. The monoisotopic (exact) mass is 328 g/mol. The lowest BCUT2D eigenvalue weighted by Gasteiger charge is -2.26. The summed E-state index contributed by atoms with van der Waals surface area (Å²) < 4.78 is 1.64. The van der Waals surface area contributed by atoms with Crippen molar-refractivity contribution in [3.05, 3.63) is 47.8 Å². The molecule has 6 heteroatoms. The minimum Gasteiger partial charge on any atom is -0.388 e. The minimum absolute atomic E-state index is 0.275. The van der Waals surface area contributed by atoms with Gasteiger partial charge in [0.05, 0.1) is 18.3 Å². The molecule has 1 aliphatic carbocycles. The normalized spacial score (nSPS) is 17.2. The van der Waals surface area contributed by atoms with Gasteiger partial charge in [0.15, 0.2) is 5.69 Å². The molecule has 0 radical (unpaired) electrons. The predicted octanol–water partition coefficient (Wildman–Crippen LogP) is 2.14. The van der Waals surface area contributed by atoms with Crippen molar-refractivity contribution >= 4 is 5.91 Å². The molecule has 6 nitrogen and oxygen atoms in total. The van der Waals surface area contributed by atoms with Crippen molar-refractivity contribution < 1.29 is 9.90 Å². The highest BCUT2D eigenvalue weighted by Crippen LogP contribution is 2.26. The molecule has 1 aromatic carbocycles. The molecule has 24 heavy (non-hydrogen) atoms. The Morgan fingerprint density at radius 2 is 1.88 bits per heavy atom. The van der Waals surface area contributed by atoms with E-state index in [9.17, 15) is 9.90 Å². The molecule has 1 heterocycles. The fraction of sp³-hybridized carbons (Fsp3) is 0.500. The quantitative estimate of drug-likeness (QED) is 0.824. The third-order valence-electron chi connectivity index (χ3n) is 4.57. The molecule has 1 aliphatic rings. The summed E-state index contributed by atoms with van der Waals surface area (Å²) in [6.45, 7) is 0.850. The SMILES string of the molecule is O=C(NCC1(O)CCCCCC1)c1cn(Cc2ccccc2)nn1. The van der Waals surface area contributed by atoms with Crippen LogP contribution in [0.1, 0.15) is 54.6 Å². The van der Waals surface area contributed by atoms with Crippen molar-refractivity contribution in [2.24, 2.45) is 0 Å². The first-order valence-electron chi connectivity index (χ1n) is 8.59. The Bertz CT molecular complexity index is 661. The molecule has 0 unspecified atom stereocenters. The number of aromatic nitrogens is 3. The Morgan fingerprint density at radius 1 is 1.17 bits per heavy atom. The molecule has 0 atom stereocenters. The number of aliphatic hydroxyl groups is 1. The molecule has 1 saturated carbocycles. The van der Waals surface area contributed by atoms with E-state index in [4.69, 9.17) is 0 Å². The number of amides is 1. The van der Waals surface area contributed by atoms with Crippen LogP contribution < -0.4 is 5.32 Å². The van der Waals surface area contributed by atoms with Gasteiger partial charge in [0.25, 0.3) is 5.91 Å². The van der Waals surface area contributed by atoms with E-state index < -0.39 is 5.60 Å². The number of benzene rings is 1. The zero-order valence-electron chi connectivity index (χ0n) is 13.8. The molecule has 1 aromatic heterocycles. The summed E-state index contributed by atoms with van der Waals surface area (Å²) in [4.78, 5) is 12.2. The number of carbonyl (C=O) groups is 1. The van der Waals surface area contributed by atoms with E-state index in [1.165, 1.54) is 0 Å². The topological polar surface area (TPSA) is 80.0 Å². The third-order valence-corrected chi connectivity index (χ3v) is 4.57. The summed E-state index contributed by atoms with van der Waals surface area (Å²) in [5, 5.41) is 21.3. The van der Waals surface area contributed by atoms with Crippen LogP contribution in [0, 0.1) is 0 Å². The second kappa shape index (κ2) is 7.57. The minimum atomic E-state index is -0.786. The van der Waals surface area contributed by atoms with Crippen LogP contribution in [0.3, 0.4) is 0 Å². The molecule has 2 aromatic rings. The fourth-order valence-corrected chi connectivity index (χ4v) is 3.15. The highest BCUT2D eigenvalue weighted by Gasteiger charge is 2.28. The van der Waals surface area contributed by atoms with Crippen LogP contribution in [-0.2, 0) is 6.54 Å². The van der Waals surface area contributed by atoms with Crippen molar-refractivity contribution in [1.29, 1.82) is 0 Å². The van der Waals surface area contributed by atoms with Gasteiger partial charge in [0.2, 0.25) is 0 Å². The number of nitrogens with one attached hydrogen (secondary N) is 1. The largest absolute Gasteiger partial charge is 0.388 e. The number of rotatable bonds is 5. The molecule has 3 rings (SSSR count). The molecule has 1 amide bonds. The maximum atomic E-state index is 12.2. The van der Waals surface area contributed by atoms with Gasteiger partial charge in [-0.1, -0.05) is 61.2 Å². The summed E-state index contributed by atoms with van der Waals surface area (Å²) in [6.07, 6.45) is 7.47. The summed E-state index contributed by atoms with van der Waals surface area (Å²) in [6, 6.07) is 9.90. The van der Waals surface area contributed by atoms with Gasteiger partial charge in [-0.3, -0.25) is 4.79 Å². The van der Waals surface area contributed by atoms with Crippen molar-refractivity contribution in [3.63, 3.8) is 0 Å². The Hall–Kier alpha value is -2.21. The molecule has 128 valence electrons. The van der Waals surface area contributed by atoms with Crippen molar-refractivity contribution in [3.8, 4) is 0 Å². The Labute approximate surface area is 141 Å². The molecule has 0 bridgehead atoms. The summed E-state index contributed by atoms with van der Waals surface area (Å²) in [5.41, 5.74) is 0.594. The van der Waals surface area contributed by atoms with Gasteiger partial charge in [-0.05, 0) is 18.4 Å². The summed E-state index contributed by atoms with van der Waals surface area (Å²) >= 11 is 0. The van der Waals surface area contributed by atoms with Crippen molar-refractivity contribution in [1.82, 2.24) is 20.3 Å². The Balaban J connectivity index is 1.55. The van der Waals surface area contributed by atoms with Crippen molar-refractivity contribution in [2.75, 3.05) is 6.54 Å². The maximum Gasteiger partial charge on any atom is 0.273 e. The van der Waals surface area contributed by atoms with E-state index in [-0.39, 0.29) is 18.1 Å². The van der Waals surface area contributed by atoms with Crippen LogP contribution in [0.2, 0.25) is 0 Å². The average molecular weight is 328 g/mol. The van der Waals surface area contributed by atoms with Gasteiger partial charge in [-0.25, -0.2) is 4.68 Å². The molecular weight excluding hydrogens is 304 g/mol. The predicted molar refractivity (Wildman–Crippen MR) is 90.6 cm³/mol. The highest BCUT2D eigenvalue weighted by atomic mass is 16.3. The van der Waals surface area contributed by atoms with E-state index >= 15 is 0 Å². The van der Waals surface area contributed by atoms with Crippen molar-refractivity contribution in [2.45, 2.75) is 50.7 Å². The number of nitrogens with zero attached hydrogens (tertiary/aromatic N) is 3. The first-order valence-corrected chi connectivity index (χ1v) is 8.59. The highest BCUT2D eigenvalue weighted by molar-refractivity contribution is 5.91. The Kier molecular flexibility index (Phi) is 5.25. The lowest BCUT2D eigenvalue weighted by Crippen LogP contribution is -2.42. The summed E-state index contributed by atoms with van der Waals surface area (Å²) in [7, 11) is 0.